The molecule has 0 amide bonds. The minimum Gasteiger partial charge on any atom is -0.289 e. The normalized spacial score (nSPS) is 10.8. The Bertz CT molecular complexity index is 1660. The van der Waals surface area contributed by atoms with Crippen molar-refractivity contribution in [1.82, 2.24) is 5.01 Å². The second kappa shape index (κ2) is 19.7. The third-order valence-corrected chi connectivity index (χ3v) is 7.67. The lowest BCUT2D eigenvalue weighted by Gasteiger charge is -2.19. The van der Waals surface area contributed by atoms with Crippen molar-refractivity contribution >= 4 is 23.8 Å². The summed E-state index contributed by atoms with van der Waals surface area (Å²) in [7, 11) is 0. The standard InChI is InChI=1S/C23H24N2.C21H20N2/c1-4-11-21(12-5-1)17-10-18-24-25(19-22-13-6-2-7-14-22)20-23-15-8-3-9-16-23;1-4-11-19(12-5-1)13-10-18-22-23(20-14-6-2-7-15-20)21-16-8-3-9-17-21/h1-9,11-16,18H,10,17,19-20H2;1-9,11-12,14-18H,10,13H2. The highest BCUT2D eigenvalue weighted by Crippen LogP contribution is 2.25. The fourth-order valence-corrected chi connectivity index (χ4v) is 5.21. The molecule has 0 heterocycles. The summed E-state index contributed by atoms with van der Waals surface area (Å²) in [4.78, 5) is 0. The van der Waals surface area contributed by atoms with Crippen molar-refractivity contribution in [3.8, 4) is 0 Å². The molecule has 0 saturated carbocycles. The zero-order chi connectivity index (χ0) is 32.9. The van der Waals surface area contributed by atoms with E-state index in [0.29, 0.717) is 0 Å². The molecule has 4 heteroatoms. The molecule has 0 bridgehead atoms. The van der Waals surface area contributed by atoms with Crippen molar-refractivity contribution in [3.05, 3.63) is 204 Å². The zero-order valence-corrected chi connectivity index (χ0v) is 27.5. The van der Waals surface area contributed by atoms with E-state index in [4.69, 9.17) is 5.10 Å². The first-order valence-corrected chi connectivity index (χ1v) is 16.7. The fraction of sp³-hybridized carbons (Fsp3) is 0.136. The van der Waals surface area contributed by atoms with Gasteiger partial charge in [0.15, 0.2) is 0 Å². The van der Waals surface area contributed by atoms with Crippen LogP contribution in [0.25, 0.3) is 0 Å². The Morgan fingerprint density at radius 3 is 1.04 bits per heavy atom. The number of para-hydroxylation sites is 2. The smallest absolute Gasteiger partial charge is 0.0652 e. The van der Waals surface area contributed by atoms with Gasteiger partial charge in [-0.05, 0) is 72.2 Å². The van der Waals surface area contributed by atoms with Gasteiger partial charge in [-0.1, -0.05) is 158 Å². The average Bonchev–Trinajstić information content (AvgIpc) is 3.16. The quantitative estimate of drug-likeness (QED) is 0.0888. The molecule has 0 saturated heterocycles. The molecule has 0 unspecified atom stereocenters. The Morgan fingerprint density at radius 2 is 0.667 bits per heavy atom. The van der Waals surface area contributed by atoms with Crippen LogP contribution in [0, 0.1) is 0 Å². The lowest BCUT2D eigenvalue weighted by molar-refractivity contribution is 0.272. The van der Waals surface area contributed by atoms with Crippen LogP contribution in [-0.2, 0) is 25.9 Å². The van der Waals surface area contributed by atoms with Crippen molar-refractivity contribution < 1.29 is 0 Å². The van der Waals surface area contributed by atoms with Gasteiger partial charge in [0, 0.05) is 12.4 Å². The number of hydrogen-bond donors (Lipinski definition) is 0. The van der Waals surface area contributed by atoms with E-state index in [1.807, 2.05) is 72.0 Å². The van der Waals surface area contributed by atoms with E-state index in [-0.39, 0.29) is 0 Å². The Labute approximate surface area is 286 Å². The number of rotatable bonds is 14. The Balaban J connectivity index is 0.000000188. The molecule has 0 aliphatic carbocycles. The number of nitrogens with zero attached hydrogens (tertiary/aromatic N) is 4. The molecule has 0 radical (unpaired) electrons. The van der Waals surface area contributed by atoms with Crippen molar-refractivity contribution in [2.24, 2.45) is 10.2 Å². The third kappa shape index (κ3) is 11.9. The fourth-order valence-electron chi connectivity index (χ4n) is 5.21. The molecule has 48 heavy (non-hydrogen) atoms. The number of anilines is 2. The van der Waals surface area contributed by atoms with Gasteiger partial charge in [0.1, 0.15) is 0 Å². The Hall–Kier alpha value is -5.74. The SMILES string of the molecule is C(CCc1ccccc1)=NN(Cc1ccccc1)Cc1ccccc1.C(CCc1ccccc1)=NN(c1ccccc1)c1ccccc1. The molecule has 6 aromatic rings. The molecule has 0 aromatic heterocycles. The summed E-state index contributed by atoms with van der Waals surface area (Å²) >= 11 is 0. The molecular formula is C44H44N4. The van der Waals surface area contributed by atoms with Crippen molar-refractivity contribution in [2.75, 3.05) is 5.01 Å². The summed E-state index contributed by atoms with van der Waals surface area (Å²) in [5.41, 5.74) is 7.37. The summed E-state index contributed by atoms with van der Waals surface area (Å²) in [5.74, 6) is 0. The Morgan fingerprint density at radius 1 is 0.354 bits per heavy atom. The maximum absolute atomic E-state index is 4.74. The van der Waals surface area contributed by atoms with Gasteiger partial charge >= 0.3 is 0 Å². The zero-order valence-electron chi connectivity index (χ0n) is 27.5. The van der Waals surface area contributed by atoms with E-state index in [1.54, 1.807) is 0 Å². The molecule has 0 aliphatic rings. The minimum absolute atomic E-state index is 0.817. The van der Waals surface area contributed by atoms with Crippen LogP contribution in [0.2, 0.25) is 0 Å². The largest absolute Gasteiger partial charge is 0.289 e. The monoisotopic (exact) mass is 628 g/mol. The van der Waals surface area contributed by atoms with Crippen LogP contribution < -0.4 is 5.01 Å². The van der Waals surface area contributed by atoms with Crippen LogP contribution in [0.5, 0.6) is 0 Å². The van der Waals surface area contributed by atoms with Gasteiger partial charge in [-0.25, -0.2) is 5.01 Å². The van der Waals surface area contributed by atoms with E-state index >= 15 is 0 Å². The Kier molecular flexibility index (Phi) is 13.8. The first kappa shape index (κ1) is 33.6. The van der Waals surface area contributed by atoms with E-state index in [9.17, 15) is 0 Å². The van der Waals surface area contributed by atoms with Crippen LogP contribution in [0.4, 0.5) is 11.4 Å². The van der Waals surface area contributed by atoms with Crippen LogP contribution in [0.1, 0.15) is 35.1 Å². The summed E-state index contributed by atoms with van der Waals surface area (Å²) < 4.78 is 0. The molecule has 0 atom stereocenters. The van der Waals surface area contributed by atoms with E-state index < -0.39 is 0 Å². The summed E-state index contributed by atoms with van der Waals surface area (Å²) in [5, 5.41) is 13.5. The lowest BCUT2D eigenvalue weighted by atomic mass is 10.1. The van der Waals surface area contributed by atoms with Crippen LogP contribution in [0.3, 0.4) is 0 Å². The van der Waals surface area contributed by atoms with Crippen LogP contribution in [-0.4, -0.2) is 17.4 Å². The number of aryl methyl sites for hydroxylation is 2. The van der Waals surface area contributed by atoms with Crippen molar-refractivity contribution in [1.29, 1.82) is 0 Å². The summed E-state index contributed by atoms with van der Waals surface area (Å²) in [6, 6.07) is 62.5. The molecule has 0 aliphatic heterocycles. The highest BCUT2D eigenvalue weighted by Gasteiger charge is 2.06. The molecule has 6 aromatic carbocycles. The van der Waals surface area contributed by atoms with E-state index in [1.165, 1.54) is 22.3 Å². The number of hydrazone groups is 2. The first-order chi connectivity index (χ1) is 23.8. The molecule has 240 valence electrons. The average molecular weight is 629 g/mol. The summed E-state index contributed by atoms with van der Waals surface area (Å²) in [6.45, 7) is 1.63. The van der Waals surface area contributed by atoms with Gasteiger partial charge in [-0.2, -0.15) is 10.2 Å². The van der Waals surface area contributed by atoms with Gasteiger partial charge in [-0.15, -0.1) is 0 Å². The maximum atomic E-state index is 4.74. The lowest BCUT2D eigenvalue weighted by Crippen LogP contribution is -2.17. The highest BCUT2D eigenvalue weighted by atomic mass is 15.5. The molecule has 0 N–H and O–H groups in total. The van der Waals surface area contributed by atoms with Crippen molar-refractivity contribution in [2.45, 2.75) is 38.8 Å². The van der Waals surface area contributed by atoms with Crippen LogP contribution >= 0.6 is 0 Å². The predicted molar refractivity (Wildman–Crippen MR) is 204 cm³/mol. The second-order valence-electron chi connectivity index (χ2n) is 11.4. The molecular weight excluding hydrogens is 585 g/mol. The van der Waals surface area contributed by atoms with Crippen LogP contribution in [0.15, 0.2) is 192 Å². The molecule has 0 fully saturated rings. The van der Waals surface area contributed by atoms with E-state index in [0.717, 1.165) is 50.1 Å². The van der Waals surface area contributed by atoms with Gasteiger partial charge < -0.3 is 0 Å². The first-order valence-electron chi connectivity index (χ1n) is 16.7. The second-order valence-corrected chi connectivity index (χ2v) is 11.4. The van der Waals surface area contributed by atoms with E-state index in [2.05, 4.69) is 138 Å². The number of hydrogen-bond acceptors (Lipinski definition) is 4. The van der Waals surface area contributed by atoms with Crippen molar-refractivity contribution in [3.63, 3.8) is 0 Å². The van der Waals surface area contributed by atoms with Gasteiger partial charge in [0.25, 0.3) is 0 Å². The summed E-state index contributed by atoms with van der Waals surface area (Å²) in [6.07, 6.45) is 7.92. The topological polar surface area (TPSA) is 31.2 Å². The maximum Gasteiger partial charge on any atom is 0.0652 e. The molecule has 4 nitrogen and oxygen atoms in total. The number of benzene rings is 6. The minimum atomic E-state index is 0.817. The third-order valence-electron chi connectivity index (χ3n) is 7.67. The van der Waals surface area contributed by atoms with Gasteiger partial charge in [0.05, 0.1) is 24.5 Å². The van der Waals surface area contributed by atoms with Gasteiger partial charge in [0.2, 0.25) is 0 Å². The predicted octanol–water partition coefficient (Wildman–Crippen LogP) is 10.8. The molecule has 0 spiro atoms. The van der Waals surface area contributed by atoms with Gasteiger partial charge in [-0.3, -0.25) is 5.01 Å². The highest BCUT2D eigenvalue weighted by molar-refractivity contribution is 5.68. The molecule has 6 rings (SSSR count).